The van der Waals surface area contributed by atoms with Crippen LogP contribution in [0.4, 0.5) is 11.5 Å². The second kappa shape index (κ2) is 6.18. The number of halogens is 1. The van der Waals surface area contributed by atoms with Gasteiger partial charge in [0.2, 0.25) is 0 Å². The summed E-state index contributed by atoms with van der Waals surface area (Å²) in [4.78, 5) is 8.84. The van der Waals surface area contributed by atoms with E-state index in [0.717, 1.165) is 33.9 Å². The third kappa shape index (κ3) is 2.94. The smallest absolute Gasteiger partial charge is 0.168 e. The molecule has 2 aromatic carbocycles. The maximum absolute atomic E-state index is 5.98. The number of anilines is 2. The molecule has 6 heteroatoms. The van der Waals surface area contributed by atoms with Crippen molar-refractivity contribution in [2.45, 2.75) is 13.8 Å². The Bertz CT molecular complexity index is 1040. The minimum Gasteiger partial charge on any atom is -0.340 e. The summed E-state index contributed by atoms with van der Waals surface area (Å²) in [6.07, 6.45) is 1.55. The van der Waals surface area contributed by atoms with Crippen LogP contribution in [0.3, 0.4) is 0 Å². The van der Waals surface area contributed by atoms with Gasteiger partial charge in [-0.1, -0.05) is 29.3 Å². The molecule has 0 bridgehead atoms. The topological polar surface area (TPSA) is 55.6 Å². The lowest BCUT2D eigenvalue weighted by molar-refractivity contribution is 0.876. The van der Waals surface area contributed by atoms with E-state index in [1.54, 1.807) is 6.33 Å². The number of nitrogens with one attached hydrogen (secondary N) is 1. The SMILES string of the molecule is Cc1ccc(Nc2ncnc3c2c(C)nn3-c2ccc(Cl)cc2)cc1. The number of aryl methyl sites for hydroxylation is 2. The summed E-state index contributed by atoms with van der Waals surface area (Å²) in [5.41, 5.74) is 4.71. The molecule has 5 nitrogen and oxygen atoms in total. The molecular weight excluding hydrogens is 334 g/mol. The predicted octanol–water partition coefficient (Wildman–Crippen LogP) is 4.83. The van der Waals surface area contributed by atoms with Crippen LogP contribution in [0, 0.1) is 13.8 Å². The summed E-state index contributed by atoms with van der Waals surface area (Å²) in [7, 11) is 0. The summed E-state index contributed by atoms with van der Waals surface area (Å²) in [6.45, 7) is 4.02. The van der Waals surface area contributed by atoms with E-state index in [2.05, 4.69) is 39.4 Å². The van der Waals surface area contributed by atoms with Gasteiger partial charge in [-0.05, 0) is 50.2 Å². The number of rotatable bonds is 3. The molecule has 0 saturated heterocycles. The maximum atomic E-state index is 5.98. The Hall–Kier alpha value is -2.92. The van der Waals surface area contributed by atoms with Crippen LogP contribution in [-0.4, -0.2) is 19.7 Å². The van der Waals surface area contributed by atoms with E-state index in [-0.39, 0.29) is 0 Å². The van der Waals surface area contributed by atoms with E-state index in [0.29, 0.717) is 5.02 Å². The molecule has 4 rings (SSSR count). The first kappa shape index (κ1) is 15.6. The van der Waals surface area contributed by atoms with Gasteiger partial charge in [0.1, 0.15) is 12.1 Å². The van der Waals surface area contributed by atoms with E-state index in [1.165, 1.54) is 5.56 Å². The van der Waals surface area contributed by atoms with Crippen molar-refractivity contribution in [2.75, 3.05) is 5.32 Å². The second-order valence-electron chi connectivity index (χ2n) is 5.89. The molecule has 0 spiro atoms. The van der Waals surface area contributed by atoms with Crippen LogP contribution >= 0.6 is 11.6 Å². The van der Waals surface area contributed by atoms with E-state index < -0.39 is 0 Å². The molecule has 0 radical (unpaired) electrons. The van der Waals surface area contributed by atoms with Crippen molar-refractivity contribution in [1.82, 2.24) is 19.7 Å². The Kier molecular flexibility index (Phi) is 3.86. The number of hydrogen-bond donors (Lipinski definition) is 1. The number of hydrogen-bond acceptors (Lipinski definition) is 4. The summed E-state index contributed by atoms with van der Waals surface area (Å²) >= 11 is 5.98. The molecule has 2 heterocycles. The number of aromatic nitrogens is 4. The summed E-state index contributed by atoms with van der Waals surface area (Å²) in [6, 6.07) is 15.7. The highest BCUT2D eigenvalue weighted by atomic mass is 35.5. The van der Waals surface area contributed by atoms with Gasteiger partial charge < -0.3 is 5.32 Å². The molecule has 0 atom stereocenters. The van der Waals surface area contributed by atoms with E-state index in [4.69, 9.17) is 11.6 Å². The Morgan fingerprint density at radius 1 is 0.920 bits per heavy atom. The van der Waals surface area contributed by atoms with Gasteiger partial charge in [-0.25, -0.2) is 14.6 Å². The van der Waals surface area contributed by atoms with Crippen molar-refractivity contribution in [3.63, 3.8) is 0 Å². The van der Waals surface area contributed by atoms with Crippen molar-refractivity contribution in [1.29, 1.82) is 0 Å². The maximum Gasteiger partial charge on any atom is 0.168 e. The molecule has 0 aliphatic rings. The molecule has 0 amide bonds. The predicted molar refractivity (Wildman–Crippen MR) is 101 cm³/mol. The molecule has 0 fully saturated rings. The highest BCUT2D eigenvalue weighted by Crippen LogP contribution is 2.28. The molecule has 0 unspecified atom stereocenters. The van der Waals surface area contributed by atoms with Crippen LogP contribution in [0.1, 0.15) is 11.3 Å². The van der Waals surface area contributed by atoms with Crippen molar-refractivity contribution in [3.05, 3.63) is 71.1 Å². The molecular formula is C19H16ClN5. The lowest BCUT2D eigenvalue weighted by Crippen LogP contribution is -1.99. The third-order valence-electron chi connectivity index (χ3n) is 4.03. The van der Waals surface area contributed by atoms with Crippen molar-refractivity contribution >= 4 is 34.1 Å². The summed E-state index contributed by atoms with van der Waals surface area (Å²) in [5.74, 6) is 0.742. The molecule has 1 N–H and O–H groups in total. The zero-order chi connectivity index (χ0) is 17.4. The third-order valence-corrected chi connectivity index (χ3v) is 4.28. The van der Waals surface area contributed by atoms with Gasteiger partial charge in [0.25, 0.3) is 0 Å². The molecule has 0 aliphatic heterocycles. The standard InChI is InChI=1S/C19H16ClN5/c1-12-3-7-15(8-4-12)23-18-17-13(2)24-25(19(17)22-11-21-18)16-9-5-14(20)6-10-16/h3-11H,1-2H3,(H,21,22,23). The highest BCUT2D eigenvalue weighted by molar-refractivity contribution is 6.30. The lowest BCUT2D eigenvalue weighted by Gasteiger charge is -2.07. The van der Waals surface area contributed by atoms with E-state index in [9.17, 15) is 0 Å². The number of nitrogens with zero attached hydrogens (tertiary/aromatic N) is 4. The average Bonchev–Trinajstić information content (AvgIpc) is 2.96. The second-order valence-corrected chi connectivity index (χ2v) is 6.32. The fourth-order valence-electron chi connectivity index (χ4n) is 2.75. The van der Waals surface area contributed by atoms with Gasteiger partial charge in [-0.3, -0.25) is 0 Å². The molecule has 0 aliphatic carbocycles. The normalized spacial score (nSPS) is 11.0. The molecule has 2 aromatic heterocycles. The van der Waals surface area contributed by atoms with Crippen LogP contribution in [0.25, 0.3) is 16.7 Å². The monoisotopic (exact) mass is 349 g/mol. The number of benzene rings is 2. The van der Waals surface area contributed by atoms with Gasteiger partial charge >= 0.3 is 0 Å². The fourth-order valence-corrected chi connectivity index (χ4v) is 2.87. The van der Waals surface area contributed by atoms with Gasteiger partial charge in [0, 0.05) is 10.7 Å². The fraction of sp³-hybridized carbons (Fsp3) is 0.105. The van der Waals surface area contributed by atoms with Crippen LogP contribution in [0.15, 0.2) is 54.9 Å². The Labute approximate surface area is 150 Å². The Morgan fingerprint density at radius 2 is 1.64 bits per heavy atom. The Balaban J connectivity index is 1.82. The molecule has 124 valence electrons. The summed E-state index contributed by atoms with van der Waals surface area (Å²) in [5, 5.41) is 9.59. The number of fused-ring (bicyclic) bond motifs is 1. The average molecular weight is 350 g/mol. The van der Waals surface area contributed by atoms with Gasteiger partial charge in [-0.2, -0.15) is 5.10 Å². The van der Waals surface area contributed by atoms with Crippen LogP contribution in [0.5, 0.6) is 0 Å². The van der Waals surface area contributed by atoms with Gasteiger partial charge in [-0.15, -0.1) is 0 Å². The largest absolute Gasteiger partial charge is 0.340 e. The van der Waals surface area contributed by atoms with Crippen LogP contribution in [-0.2, 0) is 0 Å². The van der Waals surface area contributed by atoms with Crippen molar-refractivity contribution < 1.29 is 0 Å². The molecule has 0 saturated carbocycles. The lowest BCUT2D eigenvalue weighted by atomic mass is 10.2. The van der Waals surface area contributed by atoms with Crippen molar-refractivity contribution in [3.8, 4) is 5.69 Å². The quantitative estimate of drug-likeness (QED) is 0.575. The summed E-state index contributed by atoms with van der Waals surface area (Å²) < 4.78 is 1.81. The zero-order valence-corrected chi connectivity index (χ0v) is 14.6. The first-order valence-electron chi connectivity index (χ1n) is 7.92. The van der Waals surface area contributed by atoms with Crippen LogP contribution < -0.4 is 5.32 Å². The highest BCUT2D eigenvalue weighted by Gasteiger charge is 2.15. The minimum atomic E-state index is 0.688. The molecule has 4 aromatic rings. The first-order valence-corrected chi connectivity index (χ1v) is 8.29. The van der Waals surface area contributed by atoms with E-state index in [1.807, 2.05) is 48.0 Å². The van der Waals surface area contributed by atoms with Gasteiger partial charge in [0.15, 0.2) is 5.65 Å². The minimum absolute atomic E-state index is 0.688. The first-order chi connectivity index (χ1) is 12.1. The zero-order valence-electron chi connectivity index (χ0n) is 13.9. The van der Waals surface area contributed by atoms with Gasteiger partial charge in [0.05, 0.1) is 16.8 Å². The van der Waals surface area contributed by atoms with Crippen molar-refractivity contribution in [2.24, 2.45) is 0 Å². The Morgan fingerprint density at radius 3 is 2.36 bits per heavy atom. The van der Waals surface area contributed by atoms with E-state index >= 15 is 0 Å². The molecule has 25 heavy (non-hydrogen) atoms. The van der Waals surface area contributed by atoms with Crippen LogP contribution in [0.2, 0.25) is 5.02 Å².